The molecule has 2 N–H and O–H groups in total. The second-order valence-corrected chi connectivity index (χ2v) is 7.08. The maximum atomic E-state index is 12.6. The Balaban J connectivity index is 1.97. The van der Waals surface area contributed by atoms with Crippen molar-refractivity contribution in [2.75, 3.05) is 0 Å². The lowest BCUT2D eigenvalue weighted by Gasteiger charge is -2.15. The van der Waals surface area contributed by atoms with E-state index in [9.17, 15) is 4.79 Å². The van der Waals surface area contributed by atoms with Crippen molar-refractivity contribution in [3.63, 3.8) is 0 Å². The van der Waals surface area contributed by atoms with Crippen LogP contribution in [0.5, 0.6) is 0 Å². The van der Waals surface area contributed by atoms with Gasteiger partial charge in [-0.1, -0.05) is 0 Å². The summed E-state index contributed by atoms with van der Waals surface area (Å²) in [5.41, 5.74) is 8.91. The van der Waals surface area contributed by atoms with E-state index in [0.29, 0.717) is 5.56 Å². The monoisotopic (exact) mass is 358 g/mol. The Morgan fingerprint density at radius 3 is 2.37 bits per heavy atom. The highest BCUT2D eigenvalue weighted by Gasteiger charge is 2.14. The van der Waals surface area contributed by atoms with Crippen molar-refractivity contribution in [2.45, 2.75) is 34.6 Å². The zero-order valence-corrected chi connectivity index (χ0v) is 16.2. The molecular weight excluding hydrogens is 336 g/mol. The van der Waals surface area contributed by atoms with Gasteiger partial charge in [0, 0.05) is 23.2 Å². The van der Waals surface area contributed by atoms with Gasteiger partial charge in [0.25, 0.3) is 5.56 Å². The van der Waals surface area contributed by atoms with E-state index in [1.54, 1.807) is 12.4 Å². The molecule has 0 amide bonds. The van der Waals surface area contributed by atoms with Crippen molar-refractivity contribution in [1.82, 2.24) is 15.0 Å². The van der Waals surface area contributed by atoms with Gasteiger partial charge < -0.3 is 9.97 Å². The standard InChI is InChI=1S/C22H22N4O/c1-11-12(2)14(4)20(15(5)13(11)3)24-9-17-19-16-7-6-8-23-21(16)25-10-18(19)26-22(17)27/h6-10H,1-5H3,(H,23,25)(H,26,27). The van der Waals surface area contributed by atoms with Crippen molar-refractivity contribution < 1.29 is 0 Å². The van der Waals surface area contributed by atoms with Crippen LogP contribution >= 0.6 is 0 Å². The molecule has 0 saturated carbocycles. The minimum Gasteiger partial charge on any atom is -0.346 e. The molecule has 0 aliphatic heterocycles. The average molecular weight is 358 g/mol. The van der Waals surface area contributed by atoms with Crippen molar-refractivity contribution in [3.8, 4) is 0 Å². The van der Waals surface area contributed by atoms with Gasteiger partial charge in [0.1, 0.15) is 5.65 Å². The van der Waals surface area contributed by atoms with E-state index < -0.39 is 0 Å². The van der Waals surface area contributed by atoms with Crippen LogP contribution in [0.4, 0.5) is 5.69 Å². The SMILES string of the molecule is Cc1c(C)c(C)c(N=Cc2c(=O)[nH]c3cnc4[nH]cccc4c23)c(C)c1C. The molecule has 0 fully saturated rings. The van der Waals surface area contributed by atoms with Crippen molar-refractivity contribution in [3.05, 3.63) is 68.3 Å². The van der Waals surface area contributed by atoms with Gasteiger partial charge in [-0.3, -0.25) is 9.79 Å². The number of aliphatic imine (C=N–C) groups is 1. The zero-order chi connectivity index (χ0) is 19.3. The maximum Gasteiger partial charge on any atom is 0.258 e. The van der Waals surface area contributed by atoms with Gasteiger partial charge in [-0.2, -0.15) is 0 Å². The lowest BCUT2D eigenvalue weighted by molar-refractivity contribution is 1.16. The fraction of sp³-hybridized carbons (Fsp3) is 0.227. The molecule has 5 nitrogen and oxygen atoms in total. The fourth-order valence-electron chi connectivity index (χ4n) is 3.69. The zero-order valence-electron chi connectivity index (χ0n) is 16.2. The molecule has 4 rings (SSSR count). The van der Waals surface area contributed by atoms with Crippen molar-refractivity contribution >= 4 is 33.8 Å². The summed E-state index contributed by atoms with van der Waals surface area (Å²) in [4.78, 5) is 27.7. The molecule has 0 spiro atoms. The van der Waals surface area contributed by atoms with Crippen LogP contribution in [0.15, 0.2) is 34.3 Å². The molecule has 4 aromatic rings. The van der Waals surface area contributed by atoms with E-state index in [0.717, 1.165) is 38.8 Å². The van der Waals surface area contributed by atoms with E-state index in [4.69, 9.17) is 4.99 Å². The third-order valence-electron chi connectivity index (χ3n) is 5.74. The van der Waals surface area contributed by atoms with Crippen LogP contribution in [-0.2, 0) is 0 Å². The summed E-state index contributed by atoms with van der Waals surface area (Å²) in [6.07, 6.45) is 5.20. The van der Waals surface area contributed by atoms with Gasteiger partial charge in [-0.25, -0.2) is 4.98 Å². The molecule has 5 heteroatoms. The highest BCUT2D eigenvalue weighted by Crippen LogP contribution is 2.32. The Morgan fingerprint density at radius 1 is 1.00 bits per heavy atom. The van der Waals surface area contributed by atoms with Gasteiger partial charge in [0.05, 0.1) is 23.0 Å². The summed E-state index contributed by atoms with van der Waals surface area (Å²) >= 11 is 0. The number of hydrogen-bond acceptors (Lipinski definition) is 3. The lowest BCUT2D eigenvalue weighted by atomic mass is 9.93. The van der Waals surface area contributed by atoms with Crippen LogP contribution in [0, 0.1) is 34.6 Å². The summed E-state index contributed by atoms with van der Waals surface area (Å²) in [5, 5.41) is 1.75. The second kappa shape index (κ2) is 6.20. The first-order valence-electron chi connectivity index (χ1n) is 8.99. The van der Waals surface area contributed by atoms with Gasteiger partial charge in [0.2, 0.25) is 0 Å². The molecule has 0 aliphatic rings. The predicted molar refractivity (Wildman–Crippen MR) is 112 cm³/mol. The summed E-state index contributed by atoms with van der Waals surface area (Å²) < 4.78 is 0. The fourth-order valence-corrected chi connectivity index (χ4v) is 3.69. The average Bonchev–Trinajstić information content (AvgIpc) is 3.00. The van der Waals surface area contributed by atoms with Gasteiger partial charge >= 0.3 is 0 Å². The number of benzene rings is 1. The minimum atomic E-state index is -0.150. The highest BCUT2D eigenvalue weighted by molar-refractivity contribution is 6.12. The van der Waals surface area contributed by atoms with Crippen LogP contribution in [0.25, 0.3) is 21.9 Å². The van der Waals surface area contributed by atoms with E-state index in [2.05, 4.69) is 49.6 Å². The highest BCUT2D eigenvalue weighted by atomic mass is 16.1. The van der Waals surface area contributed by atoms with Crippen LogP contribution in [0.2, 0.25) is 0 Å². The first-order chi connectivity index (χ1) is 12.9. The van der Waals surface area contributed by atoms with Crippen molar-refractivity contribution in [2.24, 2.45) is 4.99 Å². The number of fused-ring (bicyclic) bond motifs is 3. The summed E-state index contributed by atoms with van der Waals surface area (Å²) in [6, 6.07) is 3.87. The molecule has 3 aromatic heterocycles. The molecule has 0 radical (unpaired) electrons. The van der Waals surface area contributed by atoms with Gasteiger partial charge in [0.15, 0.2) is 0 Å². The van der Waals surface area contributed by atoms with E-state index in [1.807, 2.05) is 18.3 Å². The molecular formula is C22H22N4O. The summed E-state index contributed by atoms with van der Waals surface area (Å²) in [7, 11) is 0. The molecule has 0 bridgehead atoms. The molecule has 136 valence electrons. The van der Waals surface area contributed by atoms with Gasteiger partial charge in [-0.05, 0) is 74.6 Å². The van der Waals surface area contributed by atoms with E-state index >= 15 is 0 Å². The number of rotatable bonds is 2. The molecule has 0 unspecified atom stereocenters. The number of aromatic nitrogens is 3. The summed E-state index contributed by atoms with van der Waals surface area (Å²) in [5.74, 6) is 0. The Kier molecular flexibility index (Phi) is 3.95. The van der Waals surface area contributed by atoms with Crippen LogP contribution < -0.4 is 5.56 Å². The topological polar surface area (TPSA) is 73.9 Å². The lowest BCUT2D eigenvalue weighted by Crippen LogP contribution is -2.04. The minimum absolute atomic E-state index is 0.150. The smallest absolute Gasteiger partial charge is 0.258 e. The molecule has 1 aromatic carbocycles. The molecule has 0 aliphatic carbocycles. The Hall–Kier alpha value is -3.21. The van der Waals surface area contributed by atoms with Crippen LogP contribution in [0.1, 0.15) is 33.4 Å². The van der Waals surface area contributed by atoms with Crippen LogP contribution in [0.3, 0.4) is 0 Å². The number of pyridine rings is 2. The van der Waals surface area contributed by atoms with E-state index in [1.165, 1.54) is 16.7 Å². The van der Waals surface area contributed by atoms with Gasteiger partial charge in [-0.15, -0.1) is 0 Å². The number of aromatic amines is 2. The molecule has 3 heterocycles. The van der Waals surface area contributed by atoms with Crippen LogP contribution in [-0.4, -0.2) is 21.2 Å². The Bertz CT molecular complexity index is 1260. The first kappa shape index (κ1) is 17.2. The summed E-state index contributed by atoms with van der Waals surface area (Å²) in [6.45, 7) is 10.6. The molecule has 0 atom stereocenters. The Morgan fingerprint density at radius 2 is 1.67 bits per heavy atom. The quantitative estimate of drug-likeness (QED) is 0.510. The van der Waals surface area contributed by atoms with E-state index in [-0.39, 0.29) is 5.56 Å². The number of H-pyrrole nitrogens is 2. The normalized spacial score (nSPS) is 11.9. The third-order valence-corrected chi connectivity index (χ3v) is 5.74. The number of nitrogens with zero attached hydrogens (tertiary/aromatic N) is 2. The Labute approximate surface area is 157 Å². The third kappa shape index (κ3) is 2.58. The molecule has 27 heavy (non-hydrogen) atoms. The maximum absolute atomic E-state index is 12.6. The number of nitrogens with one attached hydrogen (secondary N) is 2. The molecule has 0 saturated heterocycles. The second-order valence-electron chi connectivity index (χ2n) is 7.08. The largest absolute Gasteiger partial charge is 0.346 e. The predicted octanol–water partition coefficient (Wildman–Crippen LogP) is 4.70. The van der Waals surface area contributed by atoms with Crippen molar-refractivity contribution in [1.29, 1.82) is 0 Å². The number of hydrogen-bond donors (Lipinski definition) is 2. The first-order valence-corrected chi connectivity index (χ1v) is 8.99.